The summed E-state index contributed by atoms with van der Waals surface area (Å²) in [7, 11) is -2.56. The van der Waals surface area contributed by atoms with E-state index in [1.54, 1.807) is 36.4 Å². The van der Waals surface area contributed by atoms with Crippen LogP contribution in [0.4, 0.5) is 5.69 Å². The molecule has 0 aliphatic carbocycles. The minimum absolute atomic E-state index is 0.0488. The lowest BCUT2D eigenvalue weighted by atomic mass is 10.2. The first-order chi connectivity index (χ1) is 20.5. The van der Waals surface area contributed by atoms with Gasteiger partial charge in [-0.2, -0.15) is 5.10 Å². The number of sulfonamides is 1. The highest BCUT2D eigenvalue weighted by atomic mass is 79.9. The van der Waals surface area contributed by atoms with Gasteiger partial charge in [-0.1, -0.05) is 65.2 Å². The molecule has 0 fully saturated rings. The van der Waals surface area contributed by atoms with Gasteiger partial charge in [0.05, 0.1) is 28.4 Å². The third kappa shape index (κ3) is 8.16. The van der Waals surface area contributed by atoms with Crippen molar-refractivity contribution in [3.8, 4) is 11.5 Å². The lowest BCUT2D eigenvalue weighted by Crippen LogP contribution is -2.39. The van der Waals surface area contributed by atoms with Crippen molar-refractivity contribution < 1.29 is 22.7 Å². The smallest absolute Gasteiger partial charge is 0.264 e. The number of hydrogen-bond donors (Lipinski definition) is 1. The number of hydrogen-bond acceptors (Lipinski definition) is 6. The molecule has 0 saturated heterocycles. The van der Waals surface area contributed by atoms with Crippen LogP contribution in [0.25, 0.3) is 0 Å². The maximum Gasteiger partial charge on any atom is 0.264 e. The Balaban J connectivity index is 1.50. The van der Waals surface area contributed by atoms with Gasteiger partial charge in [0.15, 0.2) is 11.5 Å². The largest absolute Gasteiger partial charge is 0.493 e. The topological polar surface area (TPSA) is 97.3 Å². The number of nitrogens with one attached hydrogen (secondary N) is 1. The number of carbonyl (C=O) groups excluding carboxylic acids is 1. The quantitative estimate of drug-likeness (QED) is 0.136. The highest BCUT2D eigenvalue weighted by molar-refractivity contribution is 9.10. The van der Waals surface area contributed by atoms with Crippen LogP contribution < -0.4 is 19.2 Å². The van der Waals surface area contributed by atoms with E-state index in [2.05, 4.69) is 26.5 Å². The molecule has 4 aromatic carbocycles. The maximum absolute atomic E-state index is 13.6. The normalized spacial score (nSPS) is 11.4. The molecule has 0 heterocycles. The van der Waals surface area contributed by atoms with Crippen LogP contribution in [0, 0.1) is 20.8 Å². The van der Waals surface area contributed by atoms with Gasteiger partial charge in [0.25, 0.3) is 15.9 Å². The molecular formula is C32H31BrClN3O5S. The Morgan fingerprint density at radius 3 is 2.26 bits per heavy atom. The molecule has 0 aliphatic heterocycles. The number of rotatable bonds is 11. The van der Waals surface area contributed by atoms with E-state index in [0.717, 1.165) is 21.0 Å². The number of ether oxygens (including phenoxy) is 2. The average molecular weight is 685 g/mol. The zero-order chi connectivity index (χ0) is 31.1. The average Bonchev–Trinajstić information content (AvgIpc) is 2.97. The first-order valence-electron chi connectivity index (χ1n) is 13.2. The van der Waals surface area contributed by atoms with Gasteiger partial charge in [-0.15, -0.1) is 0 Å². The molecule has 4 aromatic rings. The van der Waals surface area contributed by atoms with Crippen molar-refractivity contribution in [2.24, 2.45) is 5.10 Å². The fraction of sp³-hybridized carbons (Fsp3) is 0.188. The van der Waals surface area contributed by atoms with E-state index in [-0.39, 0.29) is 10.6 Å². The number of aryl methyl sites for hydroxylation is 3. The van der Waals surface area contributed by atoms with Crippen molar-refractivity contribution in [2.75, 3.05) is 18.0 Å². The Bertz CT molecular complexity index is 1740. The van der Waals surface area contributed by atoms with Gasteiger partial charge in [-0.25, -0.2) is 13.8 Å². The van der Waals surface area contributed by atoms with Gasteiger partial charge >= 0.3 is 0 Å². The predicted octanol–water partition coefficient (Wildman–Crippen LogP) is 6.96. The summed E-state index contributed by atoms with van der Waals surface area (Å²) in [4.78, 5) is 13.0. The third-order valence-corrected chi connectivity index (χ3v) is 9.28. The molecule has 224 valence electrons. The van der Waals surface area contributed by atoms with E-state index >= 15 is 0 Å². The standard InChI is InChI=1S/C32H31BrClN3O5S/c1-21-5-10-24(11-6-21)20-42-32-28(33)15-25(16-30(32)41-4)18-35-36-31(38)19-37(26-12-9-23(3)29(34)17-26)43(39,40)27-13-7-22(2)8-14-27/h5-18H,19-20H2,1-4H3,(H,36,38)/b35-18-. The molecule has 1 N–H and O–H groups in total. The van der Waals surface area contributed by atoms with E-state index in [1.807, 2.05) is 45.0 Å². The molecule has 0 bridgehead atoms. The summed E-state index contributed by atoms with van der Waals surface area (Å²) in [5, 5.41) is 4.43. The molecule has 1 amide bonds. The van der Waals surface area contributed by atoms with Crippen LogP contribution in [0.1, 0.15) is 27.8 Å². The summed E-state index contributed by atoms with van der Waals surface area (Å²) in [6, 6.07) is 22.7. The molecule has 0 atom stereocenters. The summed E-state index contributed by atoms with van der Waals surface area (Å²) in [6.07, 6.45) is 1.43. The molecule has 4 rings (SSSR count). The van der Waals surface area contributed by atoms with Crippen LogP contribution in [0.5, 0.6) is 11.5 Å². The first-order valence-corrected chi connectivity index (χ1v) is 15.8. The lowest BCUT2D eigenvalue weighted by molar-refractivity contribution is -0.119. The number of nitrogens with zero attached hydrogens (tertiary/aromatic N) is 2. The summed E-state index contributed by atoms with van der Waals surface area (Å²) in [6.45, 7) is 5.52. The monoisotopic (exact) mass is 683 g/mol. The van der Waals surface area contributed by atoms with Gasteiger partial charge in [0.1, 0.15) is 13.2 Å². The summed E-state index contributed by atoms with van der Waals surface area (Å²) >= 11 is 9.82. The Labute approximate surface area is 265 Å². The highest BCUT2D eigenvalue weighted by Gasteiger charge is 2.27. The van der Waals surface area contributed by atoms with Gasteiger partial charge in [0, 0.05) is 5.02 Å². The van der Waals surface area contributed by atoms with Gasteiger partial charge in [-0.3, -0.25) is 9.10 Å². The third-order valence-electron chi connectivity index (χ3n) is 6.50. The molecule has 8 nitrogen and oxygen atoms in total. The molecule has 0 saturated carbocycles. The fourth-order valence-electron chi connectivity index (χ4n) is 4.03. The van der Waals surface area contributed by atoms with Crippen LogP contribution in [0.3, 0.4) is 0 Å². The van der Waals surface area contributed by atoms with Crippen molar-refractivity contribution in [3.05, 3.63) is 116 Å². The number of halogens is 2. The van der Waals surface area contributed by atoms with Crippen LogP contribution >= 0.6 is 27.5 Å². The summed E-state index contributed by atoms with van der Waals surface area (Å²) in [5.74, 6) is 0.353. The minimum atomic E-state index is -4.09. The second-order valence-electron chi connectivity index (χ2n) is 9.86. The van der Waals surface area contributed by atoms with Crippen molar-refractivity contribution in [1.29, 1.82) is 0 Å². The highest BCUT2D eigenvalue weighted by Crippen LogP contribution is 2.37. The number of amides is 1. The SMILES string of the molecule is COc1cc(/C=N\NC(=O)CN(c2ccc(C)c(Cl)c2)S(=O)(=O)c2ccc(C)cc2)cc(Br)c1OCc1ccc(C)cc1. The van der Waals surface area contributed by atoms with E-state index < -0.39 is 22.5 Å². The van der Waals surface area contributed by atoms with Crippen LogP contribution in [0.15, 0.2) is 93.3 Å². The number of benzene rings is 4. The Morgan fingerprint density at radius 1 is 0.977 bits per heavy atom. The van der Waals surface area contributed by atoms with E-state index in [4.69, 9.17) is 21.1 Å². The minimum Gasteiger partial charge on any atom is -0.493 e. The number of methoxy groups -OCH3 is 1. The Hall–Kier alpha value is -3.86. The molecule has 43 heavy (non-hydrogen) atoms. The molecule has 0 unspecified atom stereocenters. The van der Waals surface area contributed by atoms with E-state index in [0.29, 0.717) is 33.2 Å². The molecule has 0 radical (unpaired) electrons. The first kappa shape index (κ1) is 32.1. The molecule has 0 aromatic heterocycles. The molecule has 0 spiro atoms. The van der Waals surface area contributed by atoms with Gasteiger partial charge in [0.2, 0.25) is 0 Å². The molecule has 0 aliphatic rings. The van der Waals surface area contributed by atoms with Crippen LogP contribution in [-0.2, 0) is 21.4 Å². The van der Waals surface area contributed by atoms with Gasteiger partial charge in [-0.05, 0) is 89.8 Å². The fourth-order valence-corrected chi connectivity index (χ4v) is 6.19. The number of hydrazone groups is 1. The Morgan fingerprint density at radius 2 is 1.63 bits per heavy atom. The molecular weight excluding hydrogens is 654 g/mol. The van der Waals surface area contributed by atoms with Crippen molar-refractivity contribution in [1.82, 2.24) is 5.43 Å². The second kappa shape index (κ2) is 14.1. The second-order valence-corrected chi connectivity index (χ2v) is 13.0. The summed E-state index contributed by atoms with van der Waals surface area (Å²) < 4.78 is 40.4. The maximum atomic E-state index is 13.6. The van der Waals surface area contributed by atoms with E-state index in [9.17, 15) is 13.2 Å². The predicted molar refractivity (Wildman–Crippen MR) is 174 cm³/mol. The number of anilines is 1. The van der Waals surface area contributed by atoms with Crippen LogP contribution in [0.2, 0.25) is 5.02 Å². The summed E-state index contributed by atoms with van der Waals surface area (Å²) in [5.41, 5.74) is 7.15. The Kier molecular flexibility index (Phi) is 10.5. The lowest BCUT2D eigenvalue weighted by Gasteiger charge is -2.24. The zero-order valence-electron chi connectivity index (χ0n) is 24.1. The van der Waals surface area contributed by atoms with E-state index in [1.165, 1.54) is 37.1 Å². The van der Waals surface area contributed by atoms with Crippen molar-refractivity contribution in [3.63, 3.8) is 0 Å². The van der Waals surface area contributed by atoms with Gasteiger partial charge < -0.3 is 9.47 Å². The van der Waals surface area contributed by atoms with Crippen molar-refractivity contribution in [2.45, 2.75) is 32.3 Å². The van der Waals surface area contributed by atoms with Crippen molar-refractivity contribution >= 4 is 55.4 Å². The van der Waals surface area contributed by atoms with Crippen LogP contribution in [-0.4, -0.2) is 34.2 Å². The molecule has 11 heteroatoms. The zero-order valence-corrected chi connectivity index (χ0v) is 27.3. The number of carbonyl (C=O) groups is 1.